The average Bonchev–Trinajstić information content (AvgIpc) is 2.99. The number of nitrogens with one attached hydrogen (secondary N) is 1. The summed E-state index contributed by atoms with van der Waals surface area (Å²) in [6.07, 6.45) is 5.49. The molecule has 1 aliphatic carbocycles. The maximum absolute atomic E-state index is 4.67. The van der Waals surface area contributed by atoms with Crippen LogP contribution in [0.3, 0.4) is 0 Å². The van der Waals surface area contributed by atoms with Gasteiger partial charge in [-0.15, -0.1) is 11.3 Å². The Morgan fingerprint density at radius 2 is 2.20 bits per heavy atom. The van der Waals surface area contributed by atoms with Crippen LogP contribution >= 0.6 is 11.3 Å². The van der Waals surface area contributed by atoms with Gasteiger partial charge in [0, 0.05) is 35.7 Å². The Balaban J connectivity index is 1.75. The Kier molecular flexibility index (Phi) is 4.16. The summed E-state index contributed by atoms with van der Waals surface area (Å²) in [5.74, 6) is 0.697. The van der Waals surface area contributed by atoms with Gasteiger partial charge in [0.25, 0.3) is 0 Å². The molecule has 1 saturated heterocycles. The van der Waals surface area contributed by atoms with E-state index in [-0.39, 0.29) is 0 Å². The standard InChI is InChI=1S/C16H27N3S/c1-12(2)14-8-17-16(6-4-5-7-16)11-19(14)9-15-18-13(3)10-20-15/h10,12,14,17H,4-9,11H2,1-3H3. The van der Waals surface area contributed by atoms with E-state index in [1.165, 1.54) is 37.2 Å². The highest BCUT2D eigenvalue weighted by molar-refractivity contribution is 7.09. The summed E-state index contributed by atoms with van der Waals surface area (Å²) in [5.41, 5.74) is 1.56. The Bertz CT molecular complexity index is 448. The van der Waals surface area contributed by atoms with Crippen molar-refractivity contribution in [3.8, 4) is 0 Å². The molecule has 0 bridgehead atoms. The molecule has 0 amide bonds. The summed E-state index contributed by atoms with van der Waals surface area (Å²) in [6, 6.07) is 0.644. The van der Waals surface area contributed by atoms with Gasteiger partial charge < -0.3 is 5.32 Å². The molecule has 1 N–H and O–H groups in total. The number of piperazine rings is 1. The first-order chi connectivity index (χ1) is 9.58. The van der Waals surface area contributed by atoms with Crippen molar-refractivity contribution >= 4 is 11.3 Å². The Labute approximate surface area is 126 Å². The van der Waals surface area contributed by atoms with Gasteiger partial charge in [-0.25, -0.2) is 4.98 Å². The van der Waals surface area contributed by atoms with E-state index in [1.807, 2.05) is 11.3 Å². The third kappa shape index (κ3) is 2.92. The molecule has 1 aromatic rings. The lowest BCUT2D eigenvalue weighted by Crippen LogP contribution is -2.63. The molecule has 1 saturated carbocycles. The molecule has 2 heterocycles. The summed E-state index contributed by atoms with van der Waals surface area (Å²) in [6.45, 7) is 10.2. The fourth-order valence-electron chi connectivity index (χ4n) is 3.88. The highest BCUT2D eigenvalue weighted by Gasteiger charge is 2.41. The summed E-state index contributed by atoms with van der Waals surface area (Å²) < 4.78 is 0. The zero-order valence-electron chi connectivity index (χ0n) is 13.0. The SMILES string of the molecule is Cc1csc(CN2CC3(CCCC3)NCC2C(C)C)n1. The lowest BCUT2D eigenvalue weighted by Gasteiger charge is -2.47. The van der Waals surface area contributed by atoms with Gasteiger partial charge in [-0.05, 0) is 25.7 Å². The molecule has 0 aromatic carbocycles. The van der Waals surface area contributed by atoms with Crippen LogP contribution in [-0.4, -0.2) is 34.6 Å². The van der Waals surface area contributed by atoms with E-state index >= 15 is 0 Å². The van der Waals surface area contributed by atoms with Crippen LogP contribution in [0.4, 0.5) is 0 Å². The molecule has 3 nitrogen and oxygen atoms in total. The van der Waals surface area contributed by atoms with Gasteiger partial charge in [0.2, 0.25) is 0 Å². The van der Waals surface area contributed by atoms with Gasteiger partial charge in [-0.3, -0.25) is 4.90 Å². The molecule has 112 valence electrons. The average molecular weight is 293 g/mol. The van der Waals surface area contributed by atoms with E-state index in [0.717, 1.165) is 18.8 Å². The molecular weight excluding hydrogens is 266 g/mol. The lowest BCUT2D eigenvalue weighted by molar-refractivity contribution is 0.0506. The first-order valence-electron chi connectivity index (χ1n) is 7.98. The quantitative estimate of drug-likeness (QED) is 0.927. The summed E-state index contributed by atoms with van der Waals surface area (Å²) in [4.78, 5) is 7.37. The van der Waals surface area contributed by atoms with Crippen molar-refractivity contribution in [2.45, 2.75) is 64.6 Å². The van der Waals surface area contributed by atoms with Gasteiger partial charge in [0.05, 0.1) is 6.54 Å². The van der Waals surface area contributed by atoms with Crippen LogP contribution in [-0.2, 0) is 6.54 Å². The van der Waals surface area contributed by atoms with Crippen molar-refractivity contribution in [3.05, 3.63) is 16.1 Å². The van der Waals surface area contributed by atoms with Gasteiger partial charge in [0.15, 0.2) is 0 Å². The van der Waals surface area contributed by atoms with E-state index < -0.39 is 0 Å². The molecule has 3 rings (SSSR count). The smallest absolute Gasteiger partial charge is 0.107 e. The van der Waals surface area contributed by atoms with Gasteiger partial charge in [-0.2, -0.15) is 0 Å². The van der Waals surface area contributed by atoms with Crippen LogP contribution < -0.4 is 5.32 Å². The van der Waals surface area contributed by atoms with Crippen LogP contribution in [0.15, 0.2) is 5.38 Å². The Morgan fingerprint density at radius 3 is 2.80 bits per heavy atom. The Morgan fingerprint density at radius 1 is 1.45 bits per heavy atom. The van der Waals surface area contributed by atoms with E-state index in [0.29, 0.717) is 17.5 Å². The second-order valence-electron chi connectivity index (χ2n) is 6.97. The molecular formula is C16H27N3S. The molecule has 20 heavy (non-hydrogen) atoms. The van der Waals surface area contributed by atoms with E-state index in [9.17, 15) is 0 Å². The van der Waals surface area contributed by atoms with E-state index in [4.69, 9.17) is 0 Å². The van der Waals surface area contributed by atoms with Crippen molar-refractivity contribution in [2.75, 3.05) is 13.1 Å². The van der Waals surface area contributed by atoms with Gasteiger partial charge in [0.1, 0.15) is 5.01 Å². The maximum atomic E-state index is 4.67. The van der Waals surface area contributed by atoms with Crippen molar-refractivity contribution in [1.29, 1.82) is 0 Å². The van der Waals surface area contributed by atoms with Crippen LogP contribution in [0.1, 0.15) is 50.2 Å². The zero-order chi connectivity index (χ0) is 14.2. The molecule has 4 heteroatoms. The monoisotopic (exact) mass is 293 g/mol. The summed E-state index contributed by atoms with van der Waals surface area (Å²) in [5, 5.41) is 7.34. The van der Waals surface area contributed by atoms with Crippen molar-refractivity contribution in [2.24, 2.45) is 5.92 Å². The fraction of sp³-hybridized carbons (Fsp3) is 0.812. The number of nitrogens with zero attached hydrogens (tertiary/aromatic N) is 2. The maximum Gasteiger partial charge on any atom is 0.107 e. The first kappa shape index (κ1) is 14.5. The van der Waals surface area contributed by atoms with Gasteiger partial charge in [-0.1, -0.05) is 26.7 Å². The molecule has 2 aliphatic rings. The van der Waals surface area contributed by atoms with Crippen molar-refractivity contribution in [3.63, 3.8) is 0 Å². The first-order valence-corrected chi connectivity index (χ1v) is 8.86. The highest BCUT2D eigenvalue weighted by Crippen LogP contribution is 2.35. The predicted octanol–water partition coefficient (Wildman–Crippen LogP) is 3.19. The van der Waals surface area contributed by atoms with Crippen molar-refractivity contribution in [1.82, 2.24) is 15.2 Å². The minimum absolute atomic E-state index is 0.400. The molecule has 1 aromatic heterocycles. The second-order valence-corrected chi connectivity index (χ2v) is 7.91. The van der Waals surface area contributed by atoms with Gasteiger partial charge >= 0.3 is 0 Å². The largest absolute Gasteiger partial charge is 0.308 e. The Hall–Kier alpha value is -0.450. The number of hydrogen-bond acceptors (Lipinski definition) is 4. The fourth-order valence-corrected chi connectivity index (χ4v) is 4.67. The minimum atomic E-state index is 0.400. The molecule has 1 aliphatic heterocycles. The molecule has 1 atom stereocenters. The zero-order valence-corrected chi connectivity index (χ0v) is 13.8. The minimum Gasteiger partial charge on any atom is -0.308 e. The topological polar surface area (TPSA) is 28.2 Å². The molecule has 1 unspecified atom stereocenters. The number of aryl methyl sites for hydroxylation is 1. The van der Waals surface area contributed by atoms with E-state index in [2.05, 4.69) is 41.4 Å². The number of thiazole rings is 1. The second kappa shape index (κ2) is 5.74. The normalized spacial score (nSPS) is 26.7. The van der Waals surface area contributed by atoms with Crippen molar-refractivity contribution < 1.29 is 0 Å². The summed E-state index contributed by atoms with van der Waals surface area (Å²) in [7, 11) is 0. The number of aromatic nitrogens is 1. The van der Waals surface area contributed by atoms with Crippen LogP contribution in [0.2, 0.25) is 0 Å². The molecule has 0 radical (unpaired) electrons. The summed E-state index contributed by atoms with van der Waals surface area (Å²) >= 11 is 1.81. The molecule has 2 fully saturated rings. The van der Waals surface area contributed by atoms with E-state index in [1.54, 1.807) is 0 Å². The van der Waals surface area contributed by atoms with Crippen LogP contribution in [0.25, 0.3) is 0 Å². The van der Waals surface area contributed by atoms with Crippen LogP contribution in [0.5, 0.6) is 0 Å². The predicted molar refractivity (Wildman–Crippen MR) is 85.1 cm³/mol. The van der Waals surface area contributed by atoms with Crippen LogP contribution in [0, 0.1) is 12.8 Å². The number of rotatable bonds is 3. The number of hydrogen-bond donors (Lipinski definition) is 1. The third-order valence-corrected chi connectivity index (χ3v) is 5.95. The lowest BCUT2D eigenvalue weighted by atomic mass is 9.89. The third-order valence-electron chi connectivity index (χ3n) is 5.00. The molecule has 1 spiro atoms. The highest BCUT2D eigenvalue weighted by atomic mass is 32.1.